The smallest absolute Gasteiger partial charge is 0.0827 e. The van der Waals surface area contributed by atoms with E-state index in [0.29, 0.717) is 0 Å². The summed E-state index contributed by atoms with van der Waals surface area (Å²) in [6.45, 7) is 10.7. The lowest BCUT2D eigenvalue weighted by atomic mass is 10.0. The number of aliphatic hydroxyl groups is 1. The minimum atomic E-state index is -0.360. The van der Waals surface area contributed by atoms with Crippen LogP contribution in [0.5, 0.6) is 0 Å². The van der Waals surface area contributed by atoms with E-state index in [1.165, 1.54) is 0 Å². The van der Waals surface area contributed by atoms with Crippen LogP contribution in [-0.4, -0.2) is 9.67 Å². The summed E-state index contributed by atoms with van der Waals surface area (Å²) in [6, 6.07) is 1.97. The molecule has 1 N–H and O–H groups in total. The van der Waals surface area contributed by atoms with Crippen LogP contribution in [0, 0.1) is 5.92 Å². The largest absolute Gasteiger partial charge is 0.388 e. The van der Waals surface area contributed by atoms with Gasteiger partial charge in [0, 0.05) is 18.9 Å². The van der Waals surface area contributed by atoms with Crippen LogP contribution in [-0.2, 0) is 6.54 Å². The van der Waals surface area contributed by atoms with Gasteiger partial charge in [0.25, 0.3) is 0 Å². The van der Waals surface area contributed by atoms with Crippen LogP contribution < -0.4 is 0 Å². The third-order valence-electron chi connectivity index (χ3n) is 2.20. The summed E-state index contributed by atoms with van der Waals surface area (Å²) in [4.78, 5) is 0. The number of aromatic nitrogens is 1. The summed E-state index contributed by atoms with van der Waals surface area (Å²) >= 11 is 0. The van der Waals surface area contributed by atoms with Crippen molar-refractivity contribution in [3.8, 4) is 0 Å². The first-order chi connectivity index (χ1) is 6.50. The highest BCUT2D eigenvalue weighted by Crippen LogP contribution is 2.21. The molecule has 1 aromatic heterocycles. The summed E-state index contributed by atoms with van der Waals surface area (Å²) in [5, 5.41) is 9.81. The predicted octanol–water partition coefficient (Wildman–Crippen LogP) is 2.75. The van der Waals surface area contributed by atoms with Crippen LogP contribution in [0.4, 0.5) is 0 Å². The highest BCUT2D eigenvalue weighted by molar-refractivity contribution is 5.15. The highest BCUT2D eigenvalue weighted by atomic mass is 16.3. The molecule has 1 heterocycles. The van der Waals surface area contributed by atoms with Crippen LogP contribution in [0.25, 0.3) is 0 Å². The van der Waals surface area contributed by atoms with Gasteiger partial charge in [-0.05, 0) is 24.5 Å². The maximum Gasteiger partial charge on any atom is 0.0827 e. The van der Waals surface area contributed by atoms with Crippen molar-refractivity contribution in [2.24, 2.45) is 5.92 Å². The maximum atomic E-state index is 9.81. The van der Waals surface area contributed by atoms with Crippen molar-refractivity contribution < 1.29 is 5.11 Å². The molecule has 1 rings (SSSR count). The molecule has 2 heteroatoms. The lowest BCUT2D eigenvalue weighted by molar-refractivity contribution is 0.127. The van der Waals surface area contributed by atoms with Gasteiger partial charge in [0.2, 0.25) is 0 Å². The van der Waals surface area contributed by atoms with E-state index < -0.39 is 0 Å². The molecule has 1 aromatic rings. The van der Waals surface area contributed by atoms with Gasteiger partial charge in [-0.1, -0.05) is 26.0 Å². The second-order valence-corrected chi connectivity index (χ2v) is 4.26. The van der Waals surface area contributed by atoms with Gasteiger partial charge >= 0.3 is 0 Å². The predicted molar refractivity (Wildman–Crippen MR) is 59.0 cm³/mol. The lowest BCUT2D eigenvalue weighted by Gasteiger charge is -2.12. The molecule has 0 amide bonds. The standard InChI is InChI=1S/C12H19NO/c1-9(2)7-13-6-5-11(8-13)12(14)10(3)4/h5-6,8,10,12,14H,1,7H2,2-4H3. The number of hydrogen-bond donors (Lipinski definition) is 1. The van der Waals surface area contributed by atoms with Gasteiger partial charge < -0.3 is 9.67 Å². The zero-order valence-corrected chi connectivity index (χ0v) is 9.20. The van der Waals surface area contributed by atoms with Crippen LogP contribution >= 0.6 is 0 Å². The Bertz CT molecular complexity index is 312. The minimum Gasteiger partial charge on any atom is -0.388 e. The molecule has 0 saturated heterocycles. The Balaban J connectivity index is 2.72. The summed E-state index contributed by atoms with van der Waals surface area (Å²) in [7, 11) is 0. The SMILES string of the molecule is C=C(C)Cn1ccc(C(O)C(C)C)c1. The number of hydrogen-bond acceptors (Lipinski definition) is 1. The summed E-state index contributed by atoms with van der Waals surface area (Å²) in [6.07, 6.45) is 3.61. The van der Waals surface area contributed by atoms with Crippen LogP contribution in [0.15, 0.2) is 30.6 Å². The molecule has 0 fully saturated rings. The Hall–Kier alpha value is -1.02. The summed E-state index contributed by atoms with van der Waals surface area (Å²) in [5.41, 5.74) is 2.10. The first kappa shape index (κ1) is 11.1. The number of allylic oxidation sites excluding steroid dienone is 1. The average Bonchev–Trinajstić information content (AvgIpc) is 2.50. The molecule has 0 aliphatic carbocycles. The molecule has 1 unspecified atom stereocenters. The zero-order valence-electron chi connectivity index (χ0n) is 9.20. The first-order valence-corrected chi connectivity index (χ1v) is 4.99. The van der Waals surface area contributed by atoms with Crippen molar-refractivity contribution in [2.45, 2.75) is 33.4 Å². The molecule has 14 heavy (non-hydrogen) atoms. The van der Waals surface area contributed by atoms with Crippen molar-refractivity contribution in [1.29, 1.82) is 0 Å². The monoisotopic (exact) mass is 193 g/mol. The molecule has 0 spiro atoms. The van der Waals surface area contributed by atoms with E-state index in [-0.39, 0.29) is 12.0 Å². The van der Waals surface area contributed by atoms with E-state index >= 15 is 0 Å². The van der Waals surface area contributed by atoms with Crippen molar-refractivity contribution in [3.05, 3.63) is 36.2 Å². The van der Waals surface area contributed by atoms with Crippen LogP contribution in [0.1, 0.15) is 32.4 Å². The average molecular weight is 193 g/mol. The van der Waals surface area contributed by atoms with Gasteiger partial charge in [0.1, 0.15) is 0 Å². The first-order valence-electron chi connectivity index (χ1n) is 4.99. The zero-order chi connectivity index (χ0) is 10.7. The van der Waals surface area contributed by atoms with E-state index in [2.05, 4.69) is 6.58 Å². The second kappa shape index (κ2) is 4.47. The molecule has 0 aliphatic rings. The van der Waals surface area contributed by atoms with Crippen molar-refractivity contribution in [1.82, 2.24) is 4.57 Å². The Kier molecular flexibility index (Phi) is 3.53. The fraction of sp³-hybridized carbons (Fsp3) is 0.500. The van der Waals surface area contributed by atoms with Crippen molar-refractivity contribution in [3.63, 3.8) is 0 Å². The van der Waals surface area contributed by atoms with Crippen molar-refractivity contribution in [2.75, 3.05) is 0 Å². The molecule has 0 bridgehead atoms. The maximum absolute atomic E-state index is 9.81. The minimum absolute atomic E-state index is 0.260. The molecule has 1 atom stereocenters. The molecule has 0 aromatic carbocycles. The van der Waals surface area contributed by atoms with Crippen molar-refractivity contribution >= 4 is 0 Å². The van der Waals surface area contributed by atoms with E-state index in [9.17, 15) is 5.11 Å². The van der Waals surface area contributed by atoms with E-state index in [1.807, 2.05) is 43.8 Å². The summed E-state index contributed by atoms with van der Waals surface area (Å²) in [5.74, 6) is 0.260. The van der Waals surface area contributed by atoms with Gasteiger partial charge in [-0.25, -0.2) is 0 Å². The third kappa shape index (κ3) is 2.74. The quantitative estimate of drug-likeness (QED) is 0.731. The molecule has 0 radical (unpaired) electrons. The Morgan fingerprint density at radius 3 is 2.71 bits per heavy atom. The Labute approximate surface area is 85.9 Å². The lowest BCUT2D eigenvalue weighted by Crippen LogP contribution is -2.04. The molecule has 78 valence electrons. The highest BCUT2D eigenvalue weighted by Gasteiger charge is 2.12. The number of rotatable bonds is 4. The second-order valence-electron chi connectivity index (χ2n) is 4.26. The summed E-state index contributed by atoms with van der Waals surface area (Å²) < 4.78 is 2.04. The van der Waals surface area contributed by atoms with Crippen LogP contribution in [0.2, 0.25) is 0 Å². The normalized spacial score (nSPS) is 13.2. The van der Waals surface area contributed by atoms with Crippen LogP contribution in [0.3, 0.4) is 0 Å². The number of nitrogens with zero attached hydrogens (tertiary/aromatic N) is 1. The molecule has 2 nitrogen and oxygen atoms in total. The van der Waals surface area contributed by atoms with Gasteiger partial charge in [-0.2, -0.15) is 0 Å². The topological polar surface area (TPSA) is 25.2 Å². The fourth-order valence-corrected chi connectivity index (χ4v) is 1.43. The van der Waals surface area contributed by atoms with E-state index in [1.54, 1.807) is 0 Å². The fourth-order valence-electron chi connectivity index (χ4n) is 1.43. The number of aliphatic hydroxyl groups excluding tert-OH is 1. The van der Waals surface area contributed by atoms with Gasteiger partial charge in [0.05, 0.1) is 6.10 Å². The molecular formula is C12H19NO. The van der Waals surface area contributed by atoms with E-state index in [4.69, 9.17) is 0 Å². The third-order valence-corrected chi connectivity index (χ3v) is 2.20. The van der Waals surface area contributed by atoms with Gasteiger partial charge in [-0.15, -0.1) is 0 Å². The Morgan fingerprint density at radius 2 is 2.21 bits per heavy atom. The van der Waals surface area contributed by atoms with Gasteiger partial charge in [-0.3, -0.25) is 0 Å². The molecular weight excluding hydrogens is 174 g/mol. The van der Waals surface area contributed by atoms with Gasteiger partial charge in [0.15, 0.2) is 0 Å². The molecule has 0 saturated carbocycles. The Morgan fingerprint density at radius 1 is 1.57 bits per heavy atom. The van der Waals surface area contributed by atoms with E-state index in [0.717, 1.165) is 17.7 Å². The molecule has 0 aliphatic heterocycles.